The number of thioether (sulfide) groups is 1. The predicted octanol–water partition coefficient (Wildman–Crippen LogP) is 2.74. The van der Waals surface area contributed by atoms with E-state index in [4.69, 9.17) is 9.84 Å². The van der Waals surface area contributed by atoms with Crippen molar-refractivity contribution in [1.29, 1.82) is 0 Å². The van der Waals surface area contributed by atoms with E-state index in [2.05, 4.69) is 6.08 Å². The third-order valence-electron chi connectivity index (χ3n) is 2.14. The number of aliphatic hydroxyl groups excluding tert-OH is 1. The lowest BCUT2D eigenvalue weighted by atomic mass is 10.2. The molecule has 1 rings (SSSR count). The first-order valence-corrected chi connectivity index (χ1v) is 6.84. The summed E-state index contributed by atoms with van der Waals surface area (Å²) >= 11 is 1.34. The Morgan fingerprint density at radius 2 is 2.11 bits per heavy atom. The minimum absolute atomic E-state index is 0.0233. The fourth-order valence-corrected chi connectivity index (χ4v) is 1.87. The van der Waals surface area contributed by atoms with Crippen molar-refractivity contribution >= 4 is 23.0 Å². The van der Waals surface area contributed by atoms with Crippen LogP contribution in [0.25, 0.3) is 6.08 Å². The number of benzene rings is 1. The summed E-state index contributed by atoms with van der Waals surface area (Å²) in [5, 5.41) is 8.79. The number of aliphatic hydroxyl groups is 1. The molecule has 3 nitrogen and oxygen atoms in total. The summed E-state index contributed by atoms with van der Waals surface area (Å²) in [6.45, 7) is 1.92. The zero-order chi connectivity index (χ0) is 13.2. The van der Waals surface area contributed by atoms with E-state index in [1.54, 1.807) is 6.92 Å². The lowest BCUT2D eigenvalue weighted by molar-refractivity contribution is -0.109. The largest absolute Gasteiger partial charge is 0.491 e. The second-order valence-electron chi connectivity index (χ2n) is 3.67. The molecule has 0 spiro atoms. The van der Waals surface area contributed by atoms with Crippen LogP contribution in [0.5, 0.6) is 5.75 Å². The van der Waals surface area contributed by atoms with E-state index >= 15 is 0 Å². The Labute approximate surface area is 112 Å². The fourth-order valence-electron chi connectivity index (χ4n) is 1.33. The predicted molar refractivity (Wildman–Crippen MR) is 75.8 cm³/mol. The highest BCUT2D eigenvalue weighted by Gasteiger charge is 1.93. The van der Waals surface area contributed by atoms with Gasteiger partial charge in [0.1, 0.15) is 12.4 Å². The van der Waals surface area contributed by atoms with Crippen molar-refractivity contribution in [2.24, 2.45) is 0 Å². The SMILES string of the molecule is CC(=O)SCCC=Cc1ccc(OCCO)cc1. The Kier molecular flexibility index (Phi) is 7.22. The van der Waals surface area contributed by atoms with Crippen LogP contribution in [0.4, 0.5) is 0 Å². The molecule has 18 heavy (non-hydrogen) atoms. The van der Waals surface area contributed by atoms with Crippen LogP contribution in [0.2, 0.25) is 0 Å². The molecule has 4 heteroatoms. The molecule has 1 N–H and O–H groups in total. The number of hydrogen-bond donors (Lipinski definition) is 1. The molecule has 0 heterocycles. The van der Waals surface area contributed by atoms with Crippen molar-refractivity contribution in [3.63, 3.8) is 0 Å². The highest BCUT2D eigenvalue weighted by atomic mass is 32.2. The summed E-state index contributed by atoms with van der Waals surface area (Å²) < 4.78 is 5.26. The second-order valence-corrected chi connectivity index (χ2v) is 4.94. The summed E-state index contributed by atoms with van der Waals surface area (Å²) in [4.78, 5) is 10.7. The van der Waals surface area contributed by atoms with E-state index in [0.717, 1.165) is 23.5 Å². The maximum absolute atomic E-state index is 10.7. The topological polar surface area (TPSA) is 46.5 Å². The first-order valence-electron chi connectivity index (χ1n) is 5.86. The van der Waals surface area contributed by atoms with Crippen LogP contribution in [0.3, 0.4) is 0 Å². The number of allylic oxidation sites excluding steroid dienone is 1. The zero-order valence-corrected chi connectivity index (χ0v) is 11.3. The van der Waals surface area contributed by atoms with Gasteiger partial charge in [-0.05, 0) is 24.1 Å². The van der Waals surface area contributed by atoms with Gasteiger partial charge in [-0.3, -0.25) is 4.79 Å². The number of carbonyl (C=O) groups excluding carboxylic acids is 1. The van der Waals surface area contributed by atoms with Gasteiger partial charge in [-0.2, -0.15) is 0 Å². The maximum Gasteiger partial charge on any atom is 0.185 e. The monoisotopic (exact) mass is 266 g/mol. The number of hydrogen-bond acceptors (Lipinski definition) is 4. The highest BCUT2D eigenvalue weighted by Crippen LogP contribution is 2.13. The van der Waals surface area contributed by atoms with Crippen LogP contribution in [0.15, 0.2) is 30.3 Å². The standard InChI is InChI=1S/C14H18O3S/c1-12(16)18-11-3-2-4-13-5-7-14(8-6-13)17-10-9-15/h2,4-8,15H,3,9-11H2,1H3. The van der Waals surface area contributed by atoms with Crippen molar-refractivity contribution in [1.82, 2.24) is 0 Å². The van der Waals surface area contributed by atoms with Gasteiger partial charge in [-0.15, -0.1) is 0 Å². The number of carbonyl (C=O) groups is 1. The summed E-state index contributed by atoms with van der Waals surface area (Å²) in [6, 6.07) is 7.67. The molecule has 0 fully saturated rings. The lowest BCUT2D eigenvalue weighted by Crippen LogP contribution is -2.01. The molecule has 0 amide bonds. The van der Waals surface area contributed by atoms with E-state index in [9.17, 15) is 4.79 Å². The molecule has 0 saturated heterocycles. The molecular weight excluding hydrogens is 248 g/mol. The van der Waals surface area contributed by atoms with Gasteiger partial charge in [-0.25, -0.2) is 0 Å². The molecule has 0 aliphatic rings. The van der Waals surface area contributed by atoms with E-state index in [1.165, 1.54) is 11.8 Å². The average molecular weight is 266 g/mol. The molecule has 98 valence electrons. The molecular formula is C14H18O3S. The zero-order valence-electron chi connectivity index (χ0n) is 10.5. The molecule has 0 aromatic heterocycles. The molecule has 1 aromatic carbocycles. The van der Waals surface area contributed by atoms with E-state index in [-0.39, 0.29) is 11.7 Å². The molecule has 0 radical (unpaired) electrons. The van der Waals surface area contributed by atoms with Gasteiger partial charge in [0.25, 0.3) is 0 Å². The van der Waals surface area contributed by atoms with Crippen LogP contribution in [-0.4, -0.2) is 29.2 Å². The van der Waals surface area contributed by atoms with Gasteiger partial charge in [-0.1, -0.05) is 36.0 Å². The number of ether oxygens (including phenoxy) is 1. The summed E-state index contributed by atoms with van der Waals surface area (Å²) in [5.74, 6) is 1.58. The molecule has 0 saturated carbocycles. The highest BCUT2D eigenvalue weighted by molar-refractivity contribution is 8.13. The minimum Gasteiger partial charge on any atom is -0.491 e. The normalized spacial score (nSPS) is 10.8. The van der Waals surface area contributed by atoms with Gasteiger partial charge < -0.3 is 9.84 Å². The van der Waals surface area contributed by atoms with Crippen LogP contribution < -0.4 is 4.74 Å². The minimum atomic E-state index is 0.0233. The van der Waals surface area contributed by atoms with Crippen molar-refractivity contribution in [2.75, 3.05) is 19.0 Å². The van der Waals surface area contributed by atoms with Gasteiger partial charge in [0.05, 0.1) is 6.61 Å². The molecule has 0 aliphatic heterocycles. The Hall–Kier alpha value is -1.26. The average Bonchev–Trinajstić information content (AvgIpc) is 2.37. The molecule has 0 aliphatic carbocycles. The van der Waals surface area contributed by atoms with E-state index in [0.29, 0.717) is 6.61 Å². The van der Waals surface area contributed by atoms with Gasteiger partial charge in [0.15, 0.2) is 5.12 Å². The third kappa shape index (κ3) is 6.47. The smallest absolute Gasteiger partial charge is 0.185 e. The van der Waals surface area contributed by atoms with Gasteiger partial charge in [0, 0.05) is 12.7 Å². The first-order chi connectivity index (χ1) is 8.72. The Balaban J connectivity index is 2.33. The Morgan fingerprint density at radius 1 is 1.39 bits per heavy atom. The van der Waals surface area contributed by atoms with Crippen LogP contribution in [0, 0.1) is 0 Å². The Bertz CT molecular complexity index is 385. The second kappa shape index (κ2) is 8.78. The van der Waals surface area contributed by atoms with Crippen LogP contribution in [0.1, 0.15) is 18.9 Å². The molecule has 0 bridgehead atoms. The summed E-state index contributed by atoms with van der Waals surface area (Å²) in [5.41, 5.74) is 1.10. The lowest BCUT2D eigenvalue weighted by Gasteiger charge is -2.03. The van der Waals surface area contributed by atoms with Gasteiger partial charge in [0.2, 0.25) is 0 Å². The Morgan fingerprint density at radius 3 is 2.72 bits per heavy atom. The first kappa shape index (κ1) is 14.8. The summed E-state index contributed by atoms with van der Waals surface area (Å²) in [7, 11) is 0. The third-order valence-corrected chi connectivity index (χ3v) is 2.99. The van der Waals surface area contributed by atoms with Gasteiger partial charge >= 0.3 is 0 Å². The van der Waals surface area contributed by atoms with E-state index in [1.807, 2.05) is 30.3 Å². The molecule has 0 atom stereocenters. The summed E-state index contributed by atoms with van der Waals surface area (Å²) in [6.07, 6.45) is 4.96. The van der Waals surface area contributed by atoms with E-state index < -0.39 is 0 Å². The quantitative estimate of drug-likeness (QED) is 0.771. The van der Waals surface area contributed by atoms with Crippen LogP contribution in [-0.2, 0) is 4.79 Å². The van der Waals surface area contributed by atoms with Crippen molar-refractivity contribution < 1.29 is 14.6 Å². The molecule has 0 unspecified atom stereocenters. The van der Waals surface area contributed by atoms with Crippen molar-refractivity contribution in [3.8, 4) is 5.75 Å². The maximum atomic E-state index is 10.7. The van der Waals surface area contributed by atoms with Crippen molar-refractivity contribution in [3.05, 3.63) is 35.9 Å². The van der Waals surface area contributed by atoms with Crippen molar-refractivity contribution in [2.45, 2.75) is 13.3 Å². The van der Waals surface area contributed by atoms with Crippen LogP contribution >= 0.6 is 11.8 Å². The molecule has 1 aromatic rings. The fraction of sp³-hybridized carbons (Fsp3) is 0.357. The number of rotatable bonds is 7.